The summed E-state index contributed by atoms with van der Waals surface area (Å²) >= 11 is 5.82. The molecule has 0 aliphatic heterocycles. The SMILES string of the molecule is Cc1cc(C(=O)N(C)c2ccc(Cl)cn2)nn1-c1ccccc1. The van der Waals surface area contributed by atoms with Gasteiger partial charge in [-0.2, -0.15) is 5.10 Å². The standard InChI is InChI=1S/C17H15ClN4O/c1-12-10-15(20-22(12)14-6-4-3-5-7-14)17(23)21(2)16-9-8-13(18)11-19-16/h3-11H,1-2H3. The normalized spacial score (nSPS) is 10.6. The van der Waals surface area contributed by atoms with Crippen molar-refractivity contribution < 1.29 is 4.79 Å². The van der Waals surface area contributed by atoms with Crippen LogP contribution < -0.4 is 4.90 Å². The first kappa shape index (κ1) is 15.2. The van der Waals surface area contributed by atoms with Gasteiger partial charge in [0.25, 0.3) is 5.91 Å². The van der Waals surface area contributed by atoms with Gasteiger partial charge >= 0.3 is 0 Å². The summed E-state index contributed by atoms with van der Waals surface area (Å²) in [5.74, 6) is 0.295. The van der Waals surface area contributed by atoms with Crippen LogP contribution in [0.3, 0.4) is 0 Å². The maximum absolute atomic E-state index is 12.6. The van der Waals surface area contributed by atoms with Gasteiger partial charge < -0.3 is 0 Å². The molecule has 0 aliphatic carbocycles. The van der Waals surface area contributed by atoms with Gasteiger partial charge in [0.05, 0.1) is 10.7 Å². The lowest BCUT2D eigenvalue weighted by molar-refractivity contribution is 0.0987. The molecule has 3 aromatic rings. The van der Waals surface area contributed by atoms with Crippen molar-refractivity contribution in [2.45, 2.75) is 6.92 Å². The van der Waals surface area contributed by atoms with E-state index in [-0.39, 0.29) is 5.91 Å². The molecule has 116 valence electrons. The molecule has 23 heavy (non-hydrogen) atoms. The monoisotopic (exact) mass is 326 g/mol. The third-order valence-electron chi connectivity index (χ3n) is 3.47. The molecular weight excluding hydrogens is 312 g/mol. The number of nitrogens with zero attached hydrogens (tertiary/aromatic N) is 4. The fourth-order valence-corrected chi connectivity index (χ4v) is 2.36. The van der Waals surface area contributed by atoms with E-state index >= 15 is 0 Å². The first-order valence-corrected chi connectivity index (χ1v) is 7.46. The molecule has 0 saturated carbocycles. The number of carbonyl (C=O) groups is 1. The number of benzene rings is 1. The van der Waals surface area contributed by atoms with Crippen LogP contribution in [0.5, 0.6) is 0 Å². The minimum atomic E-state index is -0.224. The molecule has 5 nitrogen and oxygen atoms in total. The third kappa shape index (κ3) is 3.10. The molecule has 6 heteroatoms. The van der Waals surface area contributed by atoms with Crippen LogP contribution in [0.15, 0.2) is 54.7 Å². The van der Waals surface area contributed by atoms with E-state index < -0.39 is 0 Å². The summed E-state index contributed by atoms with van der Waals surface area (Å²) in [6.07, 6.45) is 1.51. The van der Waals surface area contributed by atoms with Crippen molar-refractivity contribution in [2.75, 3.05) is 11.9 Å². The lowest BCUT2D eigenvalue weighted by Gasteiger charge is -2.14. The molecule has 2 aromatic heterocycles. The van der Waals surface area contributed by atoms with Crippen LogP contribution in [-0.2, 0) is 0 Å². The zero-order valence-electron chi connectivity index (χ0n) is 12.8. The number of pyridine rings is 1. The van der Waals surface area contributed by atoms with Crippen LogP contribution in [0, 0.1) is 6.92 Å². The Kier molecular flexibility index (Phi) is 4.12. The van der Waals surface area contributed by atoms with Crippen molar-refractivity contribution >= 4 is 23.3 Å². The molecule has 0 saturated heterocycles. The summed E-state index contributed by atoms with van der Waals surface area (Å²) in [7, 11) is 1.66. The Labute approximate surface area is 139 Å². The average Bonchev–Trinajstić information content (AvgIpc) is 2.97. The quantitative estimate of drug-likeness (QED) is 0.740. The van der Waals surface area contributed by atoms with E-state index in [1.807, 2.05) is 37.3 Å². The number of anilines is 1. The lowest BCUT2D eigenvalue weighted by atomic mass is 10.3. The zero-order valence-corrected chi connectivity index (χ0v) is 13.5. The van der Waals surface area contributed by atoms with Gasteiger partial charge in [-0.05, 0) is 37.3 Å². The molecule has 0 N–H and O–H groups in total. The highest BCUT2D eigenvalue weighted by atomic mass is 35.5. The van der Waals surface area contributed by atoms with Crippen molar-refractivity contribution in [1.82, 2.24) is 14.8 Å². The van der Waals surface area contributed by atoms with E-state index in [2.05, 4.69) is 10.1 Å². The first-order valence-electron chi connectivity index (χ1n) is 7.08. The number of aryl methyl sites for hydroxylation is 1. The van der Waals surface area contributed by atoms with E-state index in [0.717, 1.165) is 11.4 Å². The number of rotatable bonds is 3. The van der Waals surface area contributed by atoms with E-state index in [1.54, 1.807) is 29.9 Å². The molecular formula is C17H15ClN4O. The van der Waals surface area contributed by atoms with E-state index in [1.165, 1.54) is 11.1 Å². The third-order valence-corrected chi connectivity index (χ3v) is 3.69. The molecule has 0 unspecified atom stereocenters. The Hall–Kier alpha value is -2.66. The summed E-state index contributed by atoms with van der Waals surface area (Å²) in [5, 5.41) is 4.94. The molecule has 3 rings (SSSR count). The predicted octanol–water partition coefficient (Wildman–Crippen LogP) is 3.51. The Morgan fingerprint density at radius 3 is 2.57 bits per heavy atom. The van der Waals surface area contributed by atoms with Gasteiger partial charge in [-0.15, -0.1) is 0 Å². The maximum Gasteiger partial charge on any atom is 0.279 e. The van der Waals surface area contributed by atoms with Gasteiger partial charge in [-0.3, -0.25) is 9.69 Å². The Morgan fingerprint density at radius 2 is 1.91 bits per heavy atom. The fraction of sp³-hybridized carbons (Fsp3) is 0.118. The molecule has 0 aliphatic rings. The van der Waals surface area contributed by atoms with Crippen LogP contribution in [0.1, 0.15) is 16.2 Å². The Balaban J connectivity index is 1.90. The second-order valence-electron chi connectivity index (χ2n) is 5.12. The van der Waals surface area contributed by atoms with Crippen LogP contribution in [0.25, 0.3) is 5.69 Å². The van der Waals surface area contributed by atoms with Crippen LogP contribution in [0.4, 0.5) is 5.82 Å². The largest absolute Gasteiger partial charge is 0.294 e. The molecule has 0 fully saturated rings. The maximum atomic E-state index is 12.6. The predicted molar refractivity (Wildman–Crippen MR) is 90.3 cm³/mol. The number of hydrogen-bond donors (Lipinski definition) is 0. The zero-order chi connectivity index (χ0) is 16.4. The van der Waals surface area contributed by atoms with Crippen LogP contribution in [0.2, 0.25) is 5.02 Å². The van der Waals surface area contributed by atoms with Crippen LogP contribution >= 0.6 is 11.6 Å². The summed E-state index contributed by atoms with van der Waals surface area (Å²) in [4.78, 5) is 18.2. The van der Waals surface area contributed by atoms with Crippen molar-refractivity contribution in [3.63, 3.8) is 0 Å². The highest BCUT2D eigenvalue weighted by molar-refractivity contribution is 6.30. The highest BCUT2D eigenvalue weighted by Crippen LogP contribution is 2.17. The summed E-state index contributed by atoms with van der Waals surface area (Å²) in [5.41, 5.74) is 2.17. The van der Waals surface area contributed by atoms with Gasteiger partial charge in [0.2, 0.25) is 0 Å². The molecule has 0 atom stereocenters. The molecule has 0 radical (unpaired) electrons. The smallest absolute Gasteiger partial charge is 0.279 e. The van der Waals surface area contributed by atoms with Crippen molar-refractivity contribution in [3.05, 3.63) is 71.1 Å². The number of hydrogen-bond acceptors (Lipinski definition) is 3. The van der Waals surface area contributed by atoms with Gasteiger partial charge in [0.15, 0.2) is 5.69 Å². The topological polar surface area (TPSA) is 51.0 Å². The van der Waals surface area contributed by atoms with Gasteiger partial charge in [0, 0.05) is 18.9 Å². The Bertz CT molecular complexity index is 828. The highest BCUT2D eigenvalue weighted by Gasteiger charge is 2.19. The number of aromatic nitrogens is 3. The average molecular weight is 327 g/mol. The van der Waals surface area contributed by atoms with Gasteiger partial charge in [0.1, 0.15) is 5.82 Å². The lowest BCUT2D eigenvalue weighted by Crippen LogP contribution is -2.27. The van der Waals surface area contributed by atoms with Gasteiger partial charge in [-0.1, -0.05) is 29.8 Å². The van der Waals surface area contributed by atoms with Gasteiger partial charge in [-0.25, -0.2) is 9.67 Å². The molecule has 1 amide bonds. The number of carbonyl (C=O) groups excluding carboxylic acids is 1. The minimum absolute atomic E-state index is 0.224. The number of amides is 1. The second-order valence-corrected chi connectivity index (χ2v) is 5.55. The molecule has 1 aromatic carbocycles. The first-order chi connectivity index (χ1) is 11.1. The second kappa shape index (κ2) is 6.22. The summed E-state index contributed by atoms with van der Waals surface area (Å²) in [6, 6.07) is 14.8. The van der Waals surface area contributed by atoms with Crippen LogP contribution in [-0.4, -0.2) is 27.7 Å². The number of halogens is 1. The van der Waals surface area contributed by atoms with E-state index in [0.29, 0.717) is 16.5 Å². The van der Waals surface area contributed by atoms with Crippen molar-refractivity contribution in [2.24, 2.45) is 0 Å². The van der Waals surface area contributed by atoms with E-state index in [9.17, 15) is 4.79 Å². The van der Waals surface area contributed by atoms with Crippen molar-refractivity contribution in [3.8, 4) is 5.69 Å². The molecule has 2 heterocycles. The molecule has 0 bridgehead atoms. The molecule has 0 spiro atoms. The number of para-hydroxylation sites is 1. The summed E-state index contributed by atoms with van der Waals surface area (Å²) in [6.45, 7) is 1.91. The fourth-order valence-electron chi connectivity index (χ4n) is 2.25. The minimum Gasteiger partial charge on any atom is -0.294 e. The Morgan fingerprint density at radius 1 is 1.17 bits per heavy atom. The van der Waals surface area contributed by atoms with Crippen molar-refractivity contribution in [1.29, 1.82) is 0 Å². The summed E-state index contributed by atoms with van der Waals surface area (Å²) < 4.78 is 1.75. The van der Waals surface area contributed by atoms with E-state index in [4.69, 9.17) is 11.6 Å².